The fourth-order valence-corrected chi connectivity index (χ4v) is 3.61. The van der Waals surface area contributed by atoms with Crippen LogP contribution in [0.15, 0.2) is 30.0 Å². The molecule has 2 aliphatic rings. The van der Waals surface area contributed by atoms with E-state index in [2.05, 4.69) is 15.4 Å². The quantitative estimate of drug-likeness (QED) is 0.873. The number of carbonyl (C=O) groups excluding carboxylic acids is 1. The van der Waals surface area contributed by atoms with Gasteiger partial charge in [-0.1, -0.05) is 13.0 Å². The maximum Gasteiger partial charge on any atom is 0.226 e. The lowest BCUT2D eigenvalue weighted by atomic mass is 9.78. The highest BCUT2D eigenvalue weighted by atomic mass is 19.1. The van der Waals surface area contributed by atoms with Gasteiger partial charge in [0.1, 0.15) is 23.2 Å². The maximum atomic E-state index is 13.7. The zero-order chi connectivity index (χ0) is 17.0. The number of benzene rings is 1. The van der Waals surface area contributed by atoms with Crippen molar-refractivity contribution >= 4 is 11.7 Å². The Morgan fingerprint density at radius 2 is 1.96 bits per heavy atom. The van der Waals surface area contributed by atoms with E-state index in [1.54, 1.807) is 11.6 Å². The largest absolute Gasteiger partial charge is 0.328 e. The first kappa shape index (κ1) is 15.0. The highest BCUT2D eigenvalue weighted by Crippen LogP contribution is 2.42. The van der Waals surface area contributed by atoms with Gasteiger partial charge in [-0.15, -0.1) is 0 Å². The molecule has 0 fully saturated rings. The topological polar surface area (TPSA) is 59.8 Å². The van der Waals surface area contributed by atoms with E-state index in [-0.39, 0.29) is 11.7 Å². The molecule has 1 aromatic heterocycles. The lowest BCUT2D eigenvalue weighted by Crippen LogP contribution is -2.40. The molecule has 2 heterocycles. The van der Waals surface area contributed by atoms with Gasteiger partial charge in [-0.2, -0.15) is 10.1 Å². The normalized spacial score (nSPS) is 25.6. The number of aryl methyl sites for hydroxylation is 1. The number of carbonyl (C=O) groups is 1. The standard InChI is InChI=1S/C17H16F2N4O/c1-8-3-13-15(14(24)4-8)16(10-5-11(18)7-12(19)6-10)23-17(21-13)20-9(2)22-23/h3,5-8,15-16H,4H2,1-2H3,(H,20,21,22)/t8-,15-,16-/m1/s1. The van der Waals surface area contributed by atoms with Crippen molar-refractivity contribution in [3.05, 3.63) is 53.0 Å². The first-order valence-electron chi connectivity index (χ1n) is 7.83. The molecule has 3 atom stereocenters. The Kier molecular flexibility index (Phi) is 3.26. The van der Waals surface area contributed by atoms with Gasteiger partial charge in [0.25, 0.3) is 0 Å². The van der Waals surface area contributed by atoms with Gasteiger partial charge in [0, 0.05) is 18.2 Å². The van der Waals surface area contributed by atoms with E-state index in [1.165, 1.54) is 12.1 Å². The van der Waals surface area contributed by atoms with Crippen molar-refractivity contribution in [1.29, 1.82) is 0 Å². The fraction of sp³-hybridized carbons (Fsp3) is 0.353. The Hall–Kier alpha value is -2.57. The lowest BCUT2D eigenvalue weighted by molar-refractivity contribution is -0.123. The van der Waals surface area contributed by atoms with E-state index in [1.807, 2.05) is 13.0 Å². The van der Waals surface area contributed by atoms with Gasteiger partial charge in [0.2, 0.25) is 5.95 Å². The van der Waals surface area contributed by atoms with Crippen LogP contribution in [-0.2, 0) is 4.79 Å². The number of halogens is 2. The molecule has 124 valence electrons. The summed E-state index contributed by atoms with van der Waals surface area (Å²) in [5.41, 5.74) is 1.10. The van der Waals surface area contributed by atoms with Gasteiger partial charge in [0.05, 0.1) is 12.0 Å². The van der Waals surface area contributed by atoms with E-state index < -0.39 is 23.6 Å². The molecular formula is C17H16F2N4O. The third kappa shape index (κ3) is 2.31. The van der Waals surface area contributed by atoms with Crippen molar-refractivity contribution in [3.63, 3.8) is 0 Å². The van der Waals surface area contributed by atoms with E-state index >= 15 is 0 Å². The van der Waals surface area contributed by atoms with Crippen molar-refractivity contribution < 1.29 is 13.6 Å². The molecule has 2 aromatic rings. The van der Waals surface area contributed by atoms with Crippen LogP contribution in [0.2, 0.25) is 0 Å². The van der Waals surface area contributed by atoms with E-state index in [9.17, 15) is 13.6 Å². The third-order valence-corrected chi connectivity index (χ3v) is 4.47. The Morgan fingerprint density at radius 3 is 2.67 bits per heavy atom. The number of hydrogen-bond acceptors (Lipinski definition) is 4. The summed E-state index contributed by atoms with van der Waals surface area (Å²) in [4.78, 5) is 17.0. The van der Waals surface area contributed by atoms with Gasteiger partial charge in [-0.3, -0.25) is 4.79 Å². The monoisotopic (exact) mass is 330 g/mol. The predicted molar refractivity (Wildman–Crippen MR) is 83.2 cm³/mol. The van der Waals surface area contributed by atoms with Gasteiger partial charge < -0.3 is 5.32 Å². The number of ketones is 1. The number of hydrogen-bond donors (Lipinski definition) is 1. The van der Waals surface area contributed by atoms with Gasteiger partial charge in [0.15, 0.2) is 0 Å². The summed E-state index contributed by atoms with van der Waals surface area (Å²) in [7, 11) is 0. The van der Waals surface area contributed by atoms with Crippen LogP contribution in [-0.4, -0.2) is 20.5 Å². The third-order valence-electron chi connectivity index (χ3n) is 4.47. The summed E-state index contributed by atoms with van der Waals surface area (Å²) in [5, 5.41) is 7.48. The minimum atomic E-state index is -0.677. The second-order valence-corrected chi connectivity index (χ2v) is 6.45. The molecule has 1 aliphatic heterocycles. The Bertz CT molecular complexity index is 853. The van der Waals surface area contributed by atoms with Crippen molar-refractivity contribution in [2.75, 3.05) is 5.32 Å². The number of nitrogens with one attached hydrogen (secondary N) is 1. The van der Waals surface area contributed by atoms with Crippen LogP contribution < -0.4 is 5.32 Å². The second-order valence-electron chi connectivity index (χ2n) is 6.45. The maximum absolute atomic E-state index is 13.7. The molecule has 5 nitrogen and oxygen atoms in total. The number of aromatic nitrogens is 3. The minimum absolute atomic E-state index is 0.0287. The van der Waals surface area contributed by atoms with Crippen LogP contribution in [0.1, 0.15) is 30.8 Å². The van der Waals surface area contributed by atoms with Crippen LogP contribution in [0.25, 0.3) is 0 Å². The molecule has 0 spiro atoms. The number of nitrogens with zero attached hydrogens (tertiary/aromatic N) is 3. The Balaban J connectivity index is 1.94. The zero-order valence-electron chi connectivity index (χ0n) is 13.3. The smallest absolute Gasteiger partial charge is 0.226 e. The van der Waals surface area contributed by atoms with Crippen molar-refractivity contribution in [1.82, 2.24) is 14.8 Å². The molecule has 0 amide bonds. The molecule has 0 saturated carbocycles. The molecule has 0 saturated heterocycles. The Morgan fingerprint density at radius 1 is 1.25 bits per heavy atom. The molecule has 1 aromatic carbocycles. The number of anilines is 1. The van der Waals surface area contributed by atoms with Crippen LogP contribution in [0.5, 0.6) is 0 Å². The molecule has 24 heavy (non-hydrogen) atoms. The Labute approximate surface area is 137 Å². The van der Waals surface area contributed by atoms with Crippen LogP contribution in [0.4, 0.5) is 14.7 Å². The molecule has 7 heteroatoms. The van der Waals surface area contributed by atoms with Crippen LogP contribution >= 0.6 is 0 Å². The van der Waals surface area contributed by atoms with Crippen molar-refractivity contribution in [2.45, 2.75) is 26.3 Å². The highest BCUT2D eigenvalue weighted by Gasteiger charge is 2.42. The van der Waals surface area contributed by atoms with Crippen molar-refractivity contribution in [3.8, 4) is 0 Å². The van der Waals surface area contributed by atoms with E-state index in [0.29, 0.717) is 23.8 Å². The first-order chi connectivity index (χ1) is 11.4. The SMILES string of the molecule is Cc1nc2n(n1)[C@H](c1cc(F)cc(F)c1)[C@H]1C(=O)C[C@H](C)C=C1N2. The van der Waals surface area contributed by atoms with E-state index in [0.717, 1.165) is 11.8 Å². The summed E-state index contributed by atoms with van der Waals surface area (Å²) in [5.74, 6) is -0.757. The van der Waals surface area contributed by atoms with Gasteiger partial charge in [-0.25, -0.2) is 13.5 Å². The highest BCUT2D eigenvalue weighted by molar-refractivity contribution is 5.87. The number of fused-ring (bicyclic) bond motifs is 2. The fourth-order valence-electron chi connectivity index (χ4n) is 3.61. The average Bonchev–Trinajstić information content (AvgIpc) is 2.83. The minimum Gasteiger partial charge on any atom is -0.328 e. The molecule has 0 bridgehead atoms. The van der Waals surface area contributed by atoms with E-state index in [4.69, 9.17) is 0 Å². The number of Topliss-reactive ketones (excluding diaryl/α,β-unsaturated/α-hetero) is 1. The first-order valence-corrected chi connectivity index (χ1v) is 7.83. The second kappa shape index (κ2) is 5.22. The number of allylic oxidation sites excluding steroid dienone is 2. The van der Waals surface area contributed by atoms with Gasteiger partial charge in [-0.05, 0) is 30.5 Å². The van der Waals surface area contributed by atoms with Crippen LogP contribution in [0.3, 0.4) is 0 Å². The molecule has 4 rings (SSSR count). The lowest BCUT2D eigenvalue weighted by Gasteiger charge is -2.37. The summed E-state index contributed by atoms with van der Waals surface area (Å²) >= 11 is 0. The van der Waals surface area contributed by atoms with Gasteiger partial charge >= 0.3 is 0 Å². The van der Waals surface area contributed by atoms with Crippen molar-refractivity contribution in [2.24, 2.45) is 11.8 Å². The summed E-state index contributed by atoms with van der Waals surface area (Å²) in [6.07, 6.45) is 2.38. The molecular weight excluding hydrogens is 314 g/mol. The molecule has 1 aliphatic carbocycles. The summed E-state index contributed by atoms with van der Waals surface area (Å²) < 4.78 is 29.0. The van der Waals surface area contributed by atoms with Crippen LogP contribution in [0, 0.1) is 30.4 Å². The average molecular weight is 330 g/mol. The summed E-state index contributed by atoms with van der Waals surface area (Å²) in [6, 6.07) is 2.71. The summed E-state index contributed by atoms with van der Waals surface area (Å²) in [6.45, 7) is 3.70. The molecule has 0 unspecified atom stereocenters. The number of rotatable bonds is 1. The zero-order valence-corrected chi connectivity index (χ0v) is 13.3. The molecule has 0 radical (unpaired) electrons. The predicted octanol–water partition coefficient (Wildman–Crippen LogP) is 2.99. The molecule has 1 N–H and O–H groups in total.